The predicted octanol–water partition coefficient (Wildman–Crippen LogP) is -2.70. The van der Waals surface area contributed by atoms with Crippen LogP contribution in [0.1, 0.15) is 6.92 Å². The third-order valence-corrected chi connectivity index (χ3v) is 2.16. The molecule has 1 saturated heterocycles. The molecule has 0 aromatic heterocycles. The van der Waals surface area contributed by atoms with Gasteiger partial charge in [-0.1, -0.05) is 0 Å². The molecule has 0 aromatic carbocycles. The van der Waals surface area contributed by atoms with E-state index in [2.05, 4.69) is 9.26 Å². The van der Waals surface area contributed by atoms with Gasteiger partial charge in [-0.2, -0.15) is 0 Å². The van der Waals surface area contributed by atoms with E-state index in [9.17, 15) is 14.4 Å². The lowest BCUT2D eigenvalue weighted by atomic mass is 10.2. The molecule has 13 heavy (non-hydrogen) atoms. The van der Waals surface area contributed by atoms with Gasteiger partial charge in [0.2, 0.25) is 0 Å². The van der Waals surface area contributed by atoms with Crippen molar-refractivity contribution in [2.75, 3.05) is 0 Å². The van der Waals surface area contributed by atoms with Gasteiger partial charge in [-0.05, 0) is 6.92 Å². The lowest BCUT2D eigenvalue weighted by Gasteiger charge is -2.32. The first-order valence-corrected chi connectivity index (χ1v) is 4.99. The molecule has 0 bridgehead atoms. The summed E-state index contributed by atoms with van der Waals surface area (Å²) in [4.78, 5) is 20.2. The molecule has 0 unspecified atom stereocenters. The Labute approximate surface area is 74.1 Å². The maximum absolute atomic E-state index is 10.1. The van der Waals surface area contributed by atoms with E-state index >= 15 is 0 Å². The highest BCUT2D eigenvalue weighted by atomic mass is 31.2. The summed E-state index contributed by atoms with van der Waals surface area (Å²) in [7, 11) is -5.20. The number of ether oxygens (including phenoxy) is 1. The minimum absolute atomic E-state index is 0.772. The highest BCUT2D eigenvalue weighted by Crippen LogP contribution is 2.33. The van der Waals surface area contributed by atoms with Crippen molar-refractivity contribution in [1.82, 2.24) is 0 Å². The van der Waals surface area contributed by atoms with E-state index < -0.39 is 32.4 Å². The molecule has 1 aliphatic heterocycles. The van der Waals surface area contributed by atoms with E-state index in [1.54, 1.807) is 0 Å². The summed E-state index contributed by atoms with van der Waals surface area (Å²) in [5.74, 6) is 0. The molecule has 0 radical (unpaired) electrons. The second-order valence-electron chi connectivity index (χ2n) is 2.74. The van der Waals surface area contributed by atoms with Gasteiger partial charge in [-0.15, -0.1) is 0 Å². The van der Waals surface area contributed by atoms with E-state index in [0.717, 1.165) is 0 Å². The summed E-state index contributed by atoms with van der Waals surface area (Å²) < 4.78 is 18.7. The zero-order valence-electron chi connectivity index (χ0n) is 6.69. The number of rotatable bonds is 2. The van der Waals surface area contributed by atoms with Gasteiger partial charge in [0.05, 0.1) is 13.9 Å². The summed E-state index contributed by atoms with van der Waals surface area (Å²) >= 11 is 0. The van der Waals surface area contributed by atoms with Crippen LogP contribution in [0.3, 0.4) is 0 Å². The summed E-state index contributed by atoms with van der Waals surface area (Å²) in [6.07, 6.45) is -5.15. The molecule has 0 aromatic rings. The van der Waals surface area contributed by atoms with E-state index in [4.69, 9.17) is 10.2 Å². The molecule has 8 heteroatoms. The van der Waals surface area contributed by atoms with Crippen LogP contribution in [0, 0.1) is 0 Å². The fraction of sp³-hybridized carbons (Fsp3) is 1.00. The van der Waals surface area contributed by atoms with Gasteiger partial charge < -0.3 is 33.8 Å². The van der Waals surface area contributed by atoms with Crippen LogP contribution in [0.15, 0.2) is 0 Å². The Balaban J connectivity index is 2.59. The second kappa shape index (κ2) is 3.62. The predicted molar refractivity (Wildman–Crippen MR) is 35.0 cm³/mol. The minimum Gasteiger partial charge on any atom is -0.790 e. The average Bonchev–Trinajstić information content (AvgIpc) is 2.15. The molecule has 78 valence electrons. The van der Waals surface area contributed by atoms with Crippen molar-refractivity contribution in [2.24, 2.45) is 0 Å². The molecule has 1 heterocycles. The normalized spacial score (nSPS) is 41.0. The van der Waals surface area contributed by atoms with Gasteiger partial charge in [-0.25, -0.2) is 0 Å². The Morgan fingerprint density at radius 1 is 1.38 bits per heavy atom. The van der Waals surface area contributed by atoms with E-state index in [0.29, 0.717) is 0 Å². The number of aliphatic hydroxyl groups excluding tert-OH is 2. The molecule has 4 atom stereocenters. The van der Waals surface area contributed by atoms with Crippen LogP contribution in [0.4, 0.5) is 0 Å². The number of phosphoric ester groups is 1. The first kappa shape index (κ1) is 11.1. The van der Waals surface area contributed by atoms with Crippen LogP contribution in [-0.2, 0) is 13.8 Å². The smallest absolute Gasteiger partial charge is 0.191 e. The third kappa shape index (κ3) is 2.72. The van der Waals surface area contributed by atoms with Gasteiger partial charge in [0, 0.05) is 0 Å². The molecule has 7 nitrogen and oxygen atoms in total. The maximum Gasteiger partial charge on any atom is 0.191 e. The molecular formula is C5H9O7P-2. The second-order valence-corrected chi connectivity index (χ2v) is 3.85. The van der Waals surface area contributed by atoms with Gasteiger partial charge >= 0.3 is 0 Å². The Bertz CT molecular complexity index is 225. The van der Waals surface area contributed by atoms with Crippen molar-refractivity contribution in [3.63, 3.8) is 0 Å². The van der Waals surface area contributed by atoms with E-state index in [1.165, 1.54) is 6.92 Å². The van der Waals surface area contributed by atoms with Crippen LogP contribution in [0.2, 0.25) is 0 Å². The third-order valence-electron chi connectivity index (χ3n) is 1.69. The van der Waals surface area contributed by atoms with Crippen molar-refractivity contribution in [2.45, 2.75) is 31.5 Å². The number of phosphoric acid groups is 1. The number of hydrogen-bond donors (Lipinski definition) is 2. The summed E-state index contributed by atoms with van der Waals surface area (Å²) in [6.45, 7) is 1.41. The molecule has 1 aliphatic rings. The molecule has 0 aliphatic carbocycles. The van der Waals surface area contributed by atoms with Gasteiger partial charge in [0.1, 0.15) is 12.2 Å². The van der Waals surface area contributed by atoms with Crippen molar-refractivity contribution in [3.05, 3.63) is 0 Å². The average molecular weight is 212 g/mol. The van der Waals surface area contributed by atoms with Crippen molar-refractivity contribution in [3.8, 4) is 0 Å². The number of hydrogen-bond acceptors (Lipinski definition) is 7. The van der Waals surface area contributed by atoms with Gasteiger partial charge in [-0.3, -0.25) is 0 Å². The zero-order chi connectivity index (χ0) is 10.2. The summed E-state index contributed by atoms with van der Waals surface area (Å²) in [5.41, 5.74) is 0. The molecule has 1 fully saturated rings. The molecule has 0 amide bonds. The minimum atomic E-state index is -5.20. The zero-order valence-corrected chi connectivity index (χ0v) is 7.59. The van der Waals surface area contributed by atoms with E-state index in [-0.39, 0.29) is 0 Å². The highest BCUT2D eigenvalue weighted by Gasteiger charge is 2.41. The van der Waals surface area contributed by atoms with Crippen LogP contribution < -0.4 is 9.79 Å². The maximum atomic E-state index is 10.1. The Hall–Kier alpha value is -0.0100. The van der Waals surface area contributed by atoms with Crippen molar-refractivity contribution >= 4 is 7.82 Å². The lowest BCUT2D eigenvalue weighted by Crippen LogP contribution is -2.34. The van der Waals surface area contributed by atoms with Gasteiger partial charge in [0.25, 0.3) is 0 Å². The topological polar surface area (TPSA) is 122 Å². The monoisotopic (exact) mass is 212 g/mol. The highest BCUT2D eigenvalue weighted by molar-refractivity contribution is 7.43. The fourth-order valence-electron chi connectivity index (χ4n) is 1.03. The van der Waals surface area contributed by atoms with E-state index in [1.807, 2.05) is 0 Å². The molecule has 1 rings (SSSR count). The summed E-state index contributed by atoms with van der Waals surface area (Å²) in [5, 5.41) is 18.2. The Morgan fingerprint density at radius 3 is 2.23 bits per heavy atom. The SMILES string of the molecule is C[C@H]1O[C@H](OP(=O)([O-])[O-])[C@H](O)[C@@H]1O. The van der Waals surface area contributed by atoms with Gasteiger partial charge in [0.15, 0.2) is 6.29 Å². The summed E-state index contributed by atoms with van der Waals surface area (Å²) in [6, 6.07) is 0. The first-order chi connectivity index (χ1) is 5.81. The quantitative estimate of drug-likeness (QED) is 0.477. The molecular weight excluding hydrogens is 203 g/mol. The van der Waals surface area contributed by atoms with Crippen molar-refractivity contribution in [1.29, 1.82) is 0 Å². The Morgan fingerprint density at radius 2 is 1.92 bits per heavy atom. The first-order valence-electron chi connectivity index (χ1n) is 3.53. The standard InChI is InChI=1S/C5H11O7P/c1-2-3(6)4(7)5(11-2)12-13(8,9)10/h2-7H,1H3,(H2,8,9,10)/p-2/t2-,3-,4-,5-/m1/s1. The fourth-order valence-corrected chi connectivity index (χ4v) is 1.45. The van der Waals surface area contributed by atoms with Crippen LogP contribution in [0.25, 0.3) is 0 Å². The van der Waals surface area contributed by atoms with Crippen LogP contribution >= 0.6 is 7.82 Å². The molecule has 2 N–H and O–H groups in total. The number of aliphatic hydroxyl groups is 2. The van der Waals surface area contributed by atoms with Crippen molar-refractivity contribution < 1.29 is 33.8 Å². The largest absolute Gasteiger partial charge is 0.790 e. The lowest BCUT2D eigenvalue weighted by molar-refractivity contribution is -0.354. The Kier molecular flexibility index (Phi) is 3.09. The van der Waals surface area contributed by atoms with Crippen LogP contribution in [0.5, 0.6) is 0 Å². The molecule has 0 spiro atoms. The van der Waals surface area contributed by atoms with Crippen LogP contribution in [-0.4, -0.2) is 34.8 Å². The molecule has 0 saturated carbocycles.